The van der Waals surface area contributed by atoms with Crippen LogP contribution in [0.25, 0.3) is 0 Å². The summed E-state index contributed by atoms with van der Waals surface area (Å²) in [5.74, 6) is -0.932. The normalized spacial score (nSPS) is 32.2. The summed E-state index contributed by atoms with van der Waals surface area (Å²) >= 11 is 0. The predicted octanol–water partition coefficient (Wildman–Crippen LogP) is -0.206. The summed E-state index contributed by atoms with van der Waals surface area (Å²) in [6, 6.07) is 5.02. The van der Waals surface area contributed by atoms with Crippen molar-refractivity contribution >= 4 is 5.97 Å². The van der Waals surface area contributed by atoms with Gasteiger partial charge in [0.2, 0.25) is 24.6 Å². The van der Waals surface area contributed by atoms with Gasteiger partial charge in [0.25, 0.3) is 0 Å². The minimum absolute atomic E-state index is 0.107. The average Bonchev–Trinajstić information content (AvgIpc) is 3.58. The summed E-state index contributed by atoms with van der Waals surface area (Å²) in [6.07, 6.45) is -7.15. The number of methoxy groups -OCH3 is 2. The first-order valence-electron chi connectivity index (χ1n) is 12.8. The van der Waals surface area contributed by atoms with Gasteiger partial charge in [-0.05, 0) is 35.7 Å². The molecule has 13 nitrogen and oxygen atoms in total. The number of aliphatic hydroxyl groups is 4. The molecule has 6 rings (SSSR count). The molecule has 0 saturated carbocycles. The van der Waals surface area contributed by atoms with Crippen molar-refractivity contribution in [1.29, 1.82) is 0 Å². The predicted molar refractivity (Wildman–Crippen MR) is 132 cm³/mol. The number of esters is 1. The van der Waals surface area contributed by atoms with Crippen LogP contribution in [-0.4, -0.2) is 96.4 Å². The average molecular weight is 563 g/mol. The van der Waals surface area contributed by atoms with E-state index in [-0.39, 0.29) is 54.0 Å². The van der Waals surface area contributed by atoms with Crippen molar-refractivity contribution in [1.82, 2.24) is 0 Å². The summed E-state index contributed by atoms with van der Waals surface area (Å²) in [7, 11) is 2.81. The van der Waals surface area contributed by atoms with Gasteiger partial charge in [-0.3, -0.25) is 4.79 Å². The molecule has 13 heteroatoms. The van der Waals surface area contributed by atoms with Crippen LogP contribution in [0.4, 0.5) is 0 Å². The third-order valence-corrected chi connectivity index (χ3v) is 8.08. The molecule has 4 aliphatic rings. The second kappa shape index (κ2) is 10.2. The minimum atomic E-state index is -1.65. The third-order valence-electron chi connectivity index (χ3n) is 8.08. The van der Waals surface area contributed by atoms with Crippen LogP contribution >= 0.6 is 0 Å². The maximum Gasteiger partial charge on any atom is 0.310 e. The molecular formula is C27H30O13. The van der Waals surface area contributed by atoms with E-state index in [9.17, 15) is 30.3 Å². The lowest BCUT2D eigenvalue weighted by atomic mass is 9.67. The molecule has 5 N–H and O–H groups in total. The van der Waals surface area contributed by atoms with Crippen LogP contribution in [0.15, 0.2) is 18.2 Å². The summed E-state index contributed by atoms with van der Waals surface area (Å²) in [6.45, 7) is -0.561. The number of phenols is 1. The molecule has 0 aromatic heterocycles. The Morgan fingerprint density at radius 3 is 2.38 bits per heavy atom. The molecule has 8 atom stereocenters. The Morgan fingerprint density at radius 1 is 0.975 bits per heavy atom. The smallest absolute Gasteiger partial charge is 0.310 e. The number of aromatic hydroxyl groups is 1. The number of benzene rings is 2. The van der Waals surface area contributed by atoms with Crippen LogP contribution in [0, 0.1) is 11.8 Å². The van der Waals surface area contributed by atoms with Crippen molar-refractivity contribution in [3.63, 3.8) is 0 Å². The first-order valence-corrected chi connectivity index (χ1v) is 12.8. The highest BCUT2D eigenvalue weighted by Gasteiger charge is 2.51. The van der Waals surface area contributed by atoms with Crippen molar-refractivity contribution in [2.24, 2.45) is 11.8 Å². The van der Waals surface area contributed by atoms with Crippen molar-refractivity contribution in [2.75, 3.05) is 34.2 Å². The van der Waals surface area contributed by atoms with E-state index in [4.69, 9.17) is 33.2 Å². The van der Waals surface area contributed by atoms with E-state index >= 15 is 0 Å². The van der Waals surface area contributed by atoms with E-state index in [1.54, 1.807) is 18.2 Å². The van der Waals surface area contributed by atoms with Crippen LogP contribution in [-0.2, 0) is 20.7 Å². The highest BCUT2D eigenvalue weighted by Crippen LogP contribution is 2.56. The summed E-state index contributed by atoms with van der Waals surface area (Å²) in [5.41, 5.74) is 1.90. The van der Waals surface area contributed by atoms with E-state index in [1.807, 2.05) is 0 Å². The molecular weight excluding hydrogens is 532 g/mol. The number of carbonyl (C=O) groups is 1. The van der Waals surface area contributed by atoms with E-state index in [2.05, 4.69) is 0 Å². The van der Waals surface area contributed by atoms with E-state index in [0.717, 1.165) is 0 Å². The van der Waals surface area contributed by atoms with Gasteiger partial charge in [0, 0.05) is 17.4 Å². The number of fused-ring (bicyclic) bond motifs is 3. The van der Waals surface area contributed by atoms with Crippen molar-refractivity contribution in [2.45, 2.75) is 43.0 Å². The minimum Gasteiger partial charge on any atom is -0.502 e. The third kappa shape index (κ3) is 4.08. The quantitative estimate of drug-likeness (QED) is 0.292. The van der Waals surface area contributed by atoms with Gasteiger partial charge in [-0.2, -0.15) is 0 Å². The fraction of sp³-hybridized carbons (Fsp3) is 0.519. The van der Waals surface area contributed by atoms with E-state index in [1.165, 1.54) is 14.2 Å². The van der Waals surface area contributed by atoms with Crippen LogP contribution in [0.3, 0.4) is 0 Å². The lowest BCUT2D eigenvalue weighted by molar-refractivity contribution is -0.277. The number of phenolic OH excluding ortho intramolecular Hbond substituents is 1. The molecule has 0 unspecified atom stereocenters. The summed E-state index contributed by atoms with van der Waals surface area (Å²) in [4.78, 5) is 13.0. The highest BCUT2D eigenvalue weighted by molar-refractivity contribution is 5.79. The first kappa shape index (κ1) is 26.7. The number of hydrogen-bond donors (Lipinski definition) is 5. The molecule has 0 radical (unpaired) electrons. The zero-order valence-corrected chi connectivity index (χ0v) is 21.7. The zero-order valence-electron chi connectivity index (χ0n) is 21.7. The van der Waals surface area contributed by atoms with E-state index in [0.29, 0.717) is 28.9 Å². The van der Waals surface area contributed by atoms with E-state index < -0.39 is 49.1 Å². The van der Waals surface area contributed by atoms with Gasteiger partial charge in [-0.25, -0.2) is 0 Å². The van der Waals surface area contributed by atoms with Crippen LogP contribution in [0.1, 0.15) is 22.6 Å². The SMILES string of the molecule is COc1cc([C@H]2c3cc4c(c(O[C@H]5O[C@H](CO)[C@@H](O)[C@H](O)[C@H]5O)c3C[C@@H]3COC(=O)[C@@H]32)OCO4)cc(OC)c1O. The molecule has 2 aromatic carbocycles. The molecule has 2 saturated heterocycles. The van der Waals surface area contributed by atoms with Crippen molar-refractivity contribution in [3.8, 4) is 34.5 Å². The molecule has 0 amide bonds. The Hall–Kier alpha value is -3.49. The number of ether oxygens (including phenoxy) is 7. The number of cyclic esters (lactones) is 1. The molecule has 40 heavy (non-hydrogen) atoms. The Kier molecular flexibility index (Phi) is 6.79. The maximum atomic E-state index is 13.0. The molecule has 0 bridgehead atoms. The van der Waals surface area contributed by atoms with Gasteiger partial charge >= 0.3 is 5.97 Å². The Labute approximate surface area is 228 Å². The fourth-order valence-corrected chi connectivity index (χ4v) is 6.07. The monoisotopic (exact) mass is 562 g/mol. The van der Waals surface area contributed by atoms with Crippen molar-refractivity contribution < 1.29 is 63.5 Å². The van der Waals surface area contributed by atoms with Gasteiger partial charge < -0.3 is 58.7 Å². The topological polar surface area (TPSA) is 183 Å². The largest absolute Gasteiger partial charge is 0.502 e. The number of rotatable bonds is 6. The van der Waals surface area contributed by atoms with Crippen molar-refractivity contribution in [3.05, 3.63) is 34.9 Å². The Morgan fingerprint density at radius 2 is 1.70 bits per heavy atom. The highest BCUT2D eigenvalue weighted by atomic mass is 16.7. The van der Waals surface area contributed by atoms with Gasteiger partial charge in [0.15, 0.2) is 23.0 Å². The second-order valence-corrected chi connectivity index (χ2v) is 10.2. The number of carbonyl (C=O) groups excluding carboxylic acids is 1. The van der Waals surface area contributed by atoms with Gasteiger partial charge in [0.05, 0.1) is 33.4 Å². The molecule has 3 aliphatic heterocycles. The maximum absolute atomic E-state index is 13.0. The standard InChI is InChI=1S/C27H30O13/c1-34-14-4-10(5-15(35-2)20(14)29)18-12-6-16-25(38-9-37-16)24(13(12)3-11-8-36-26(33)19(11)18)40-27-23(32)22(31)21(30)17(7-28)39-27/h4-6,11,17-19,21-23,27-32H,3,7-9H2,1-2H3/t11-,17-,18+,19+,21-,22+,23-,27-/m1/s1. The summed E-state index contributed by atoms with van der Waals surface area (Å²) in [5, 5.41) is 51.3. The molecule has 216 valence electrons. The molecule has 3 heterocycles. The van der Waals surface area contributed by atoms with Gasteiger partial charge in [-0.1, -0.05) is 0 Å². The Bertz CT molecular complexity index is 1280. The van der Waals surface area contributed by atoms with Crippen LogP contribution in [0.5, 0.6) is 34.5 Å². The molecule has 2 aromatic rings. The van der Waals surface area contributed by atoms with Gasteiger partial charge in [-0.15, -0.1) is 0 Å². The van der Waals surface area contributed by atoms with Crippen LogP contribution in [0.2, 0.25) is 0 Å². The lowest BCUT2D eigenvalue weighted by Crippen LogP contribution is -2.60. The first-order chi connectivity index (χ1) is 19.3. The van der Waals surface area contributed by atoms with Crippen LogP contribution < -0.4 is 23.7 Å². The molecule has 1 aliphatic carbocycles. The molecule has 2 fully saturated rings. The van der Waals surface area contributed by atoms with Gasteiger partial charge in [0.1, 0.15) is 24.4 Å². The number of hydrogen-bond acceptors (Lipinski definition) is 13. The lowest BCUT2D eigenvalue weighted by Gasteiger charge is -2.40. The summed E-state index contributed by atoms with van der Waals surface area (Å²) < 4.78 is 39.4. The number of aliphatic hydroxyl groups excluding tert-OH is 4. The fourth-order valence-electron chi connectivity index (χ4n) is 6.07. The molecule has 0 spiro atoms. The second-order valence-electron chi connectivity index (χ2n) is 10.2. The Balaban J connectivity index is 1.50. The zero-order chi connectivity index (χ0) is 28.3.